The summed E-state index contributed by atoms with van der Waals surface area (Å²) in [6.45, 7) is 2.36. The number of hydrogen-bond acceptors (Lipinski definition) is 4. The van der Waals surface area contributed by atoms with Gasteiger partial charge in [0, 0.05) is 16.9 Å². The van der Waals surface area contributed by atoms with Gasteiger partial charge in [-0.2, -0.15) is 0 Å². The summed E-state index contributed by atoms with van der Waals surface area (Å²) in [7, 11) is 1.38. The molecule has 1 saturated carbocycles. The van der Waals surface area contributed by atoms with E-state index in [1.807, 2.05) is 12.1 Å². The minimum Gasteiger partial charge on any atom is -0.465 e. The molecular formula is C16H21ClO3S. The fourth-order valence-corrected chi connectivity index (χ4v) is 4.45. The molecule has 4 atom stereocenters. The van der Waals surface area contributed by atoms with Crippen LogP contribution in [0.3, 0.4) is 0 Å². The van der Waals surface area contributed by atoms with Gasteiger partial charge >= 0.3 is 5.97 Å². The minimum absolute atomic E-state index is 0.135. The van der Waals surface area contributed by atoms with E-state index in [1.165, 1.54) is 18.4 Å². The lowest BCUT2D eigenvalue weighted by atomic mass is 9.89. The molecule has 5 heteroatoms. The lowest BCUT2D eigenvalue weighted by Crippen LogP contribution is -2.20. The van der Waals surface area contributed by atoms with Crippen molar-refractivity contribution in [3.63, 3.8) is 0 Å². The SMILES string of the molecule is COC(=O)c1ccc(C=CC[C@@H]2[C@@H](CO)[C@H](C)C[C@H]2Cl)s1. The Hall–Kier alpha value is -0.840. The van der Waals surface area contributed by atoms with Crippen molar-refractivity contribution >= 4 is 35.0 Å². The number of aliphatic hydroxyl groups excluding tert-OH is 1. The molecule has 0 saturated heterocycles. The molecule has 1 heterocycles. The van der Waals surface area contributed by atoms with Crippen LogP contribution in [0.2, 0.25) is 0 Å². The molecule has 21 heavy (non-hydrogen) atoms. The van der Waals surface area contributed by atoms with Gasteiger partial charge in [0.2, 0.25) is 0 Å². The number of alkyl halides is 1. The third kappa shape index (κ3) is 3.87. The van der Waals surface area contributed by atoms with Crippen LogP contribution in [0, 0.1) is 17.8 Å². The number of halogens is 1. The summed E-state index contributed by atoms with van der Waals surface area (Å²) < 4.78 is 4.69. The van der Waals surface area contributed by atoms with Gasteiger partial charge in [-0.1, -0.05) is 13.0 Å². The molecule has 1 aliphatic carbocycles. The molecule has 0 aromatic carbocycles. The van der Waals surface area contributed by atoms with Crippen LogP contribution in [0.5, 0.6) is 0 Å². The number of rotatable bonds is 5. The lowest BCUT2D eigenvalue weighted by molar-refractivity contribution is 0.0606. The van der Waals surface area contributed by atoms with Crippen LogP contribution in [0.4, 0.5) is 0 Å². The first-order chi connectivity index (χ1) is 10.1. The Morgan fingerprint density at radius 2 is 2.29 bits per heavy atom. The smallest absolute Gasteiger partial charge is 0.348 e. The van der Waals surface area contributed by atoms with Crippen molar-refractivity contribution in [2.75, 3.05) is 13.7 Å². The van der Waals surface area contributed by atoms with Gasteiger partial charge in [-0.15, -0.1) is 22.9 Å². The molecule has 0 spiro atoms. The number of thiophene rings is 1. The molecule has 1 fully saturated rings. The molecule has 0 radical (unpaired) electrons. The van der Waals surface area contributed by atoms with Gasteiger partial charge in [0.15, 0.2) is 0 Å². The molecule has 3 nitrogen and oxygen atoms in total. The predicted molar refractivity (Wildman–Crippen MR) is 86.8 cm³/mol. The third-order valence-corrected chi connectivity index (χ3v) is 5.79. The van der Waals surface area contributed by atoms with E-state index in [0.717, 1.165) is 17.7 Å². The van der Waals surface area contributed by atoms with E-state index in [2.05, 4.69) is 13.0 Å². The van der Waals surface area contributed by atoms with Gasteiger partial charge in [0.05, 0.1) is 7.11 Å². The number of ether oxygens (including phenoxy) is 1. The van der Waals surface area contributed by atoms with Crippen LogP contribution < -0.4 is 0 Å². The van der Waals surface area contributed by atoms with Gasteiger partial charge in [0.1, 0.15) is 4.88 Å². The number of aliphatic hydroxyl groups is 1. The number of carbonyl (C=O) groups excluding carboxylic acids is 1. The van der Waals surface area contributed by atoms with Gasteiger partial charge in [-0.25, -0.2) is 4.79 Å². The minimum atomic E-state index is -0.301. The maximum Gasteiger partial charge on any atom is 0.348 e. The van der Waals surface area contributed by atoms with Crippen LogP contribution in [0.1, 0.15) is 34.3 Å². The van der Waals surface area contributed by atoms with E-state index in [4.69, 9.17) is 16.3 Å². The topological polar surface area (TPSA) is 46.5 Å². The summed E-state index contributed by atoms with van der Waals surface area (Å²) in [5, 5.41) is 9.64. The highest BCUT2D eigenvalue weighted by Crippen LogP contribution is 2.42. The van der Waals surface area contributed by atoms with E-state index >= 15 is 0 Å². The number of methoxy groups -OCH3 is 1. The Balaban J connectivity index is 1.96. The van der Waals surface area contributed by atoms with Crippen LogP contribution in [0.15, 0.2) is 18.2 Å². The lowest BCUT2D eigenvalue weighted by Gasteiger charge is -2.20. The summed E-state index contributed by atoms with van der Waals surface area (Å²) >= 11 is 7.80. The Kier molecular flexibility index (Phi) is 5.85. The highest BCUT2D eigenvalue weighted by Gasteiger charge is 2.38. The van der Waals surface area contributed by atoms with E-state index in [9.17, 15) is 9.90 Å². The van der Waals surface area contributed by atoms with Crippen LogP contribution in [-0.4, -0.2) is 30.2 Å². The second-order valence-electron chi connectivity index (χ2n) is 5.57. The molecule has 1 aliphatic rings. The van der Waals surface area contributed by atoms with Gasteiger partial charge in [0.25, 0.3) is 0 Å². The summed E-state index contributed by atoms with van der Waals surface area (Å²) in [6.07, 6.45) is 5.93. The molecule has 0 bridgehead atoms. The van der Waals surface area contributed by atoms with Crippen molar-refractivity contribution in [3.05, 3.63) is 28.0 Å². The molecule has 0 amide bonds. The van der Waals surface area contributed by atoms with E-state index < -0.39 is 0 Å². The van der Waals surface area contributed by atoms with Gasteiger partial charge < -0.3 is 9.84 Å². The third-order valence-electron chi connectivity index (χ3n) is 4.26. The van der Waals surface area contributed by atoms with Crippen molar-refractivity contribution < 1.29 is 14.6 Å². The van der Waals surface area contributed by atoms with E-state index in [-0.39, 0.29) is 23.9 Å². The largest absolute Gasteiger partial charge is 0.465 e. The average Bonchev–Trinajstić information content (AvgIpc) is 3.03. The Bertz CT molecular complexity index is 511. The quantitative estimate of drug-likeness (QED) is 0.660. The van der Waals surface area contributed by atoms with Crippen molar-refractivity contribution in [2.45, 2.75) is 25.1 Å². The van der Waals surface area contributed by atoms with Crippen LogP contribution in [-0.2, 0) is 4.74 Å². The van der Waals surface area contributed by atoms with Gasteiger partial charge in [-0.3, -0.25) is 0 Å². The van der Waals surface area contributed by atoms with Crippen molar-refractivity contribution in [1.29, 1.82) is 0 Å². The van der Waals surface area contributed by atoms with Crippen molar-refractivity contribution in [3.8, 4) is 0 Å². The number of esters is 1. The molecular weight excluding hydrogens is 308 g/mol. The predicted octanol–water partition coefficient (Wildman–Crippen LogP) is 3.81. The first-order valence-corrected chi connectivity index (χ1v) is 8.41. The molecule has 1 N–H and O–H groups in total. The summed E-state index contributed by atoms with van der Waals surface area (Å²) in [5.41, 5.74) is 0. The fourth-order valence-electron chi connectivity index (χ4n) is 3.03. The van der Waals surface area contributed by atoms with Crippen LogP contribution >= 0.6 is 22.9 Å². The van der Waals surface area contributed by atoms with Crippen molar-refractivity contribution in [1.82, 2.24) is 0 Å². The molecule has 1 aromatic heterocycles. The van der Waals surface area contributed by atoms with Crippen molar-refractivity contribution in [2.24, 2.45) is 17.8 Å². The fraction of sp³-hybridized carbons (Fsp3) is 0.562. The summed E-state index contributed by atoms with van der Waals surface area (Å²) in [4.78, 5) is 13.0. The number of hydrogen-bond donors (Lipinski definition) is 1. The first kappa shape index (κ1) is 16.5. The average molecular weight is 329 g/mol. The zero-order chi connectivity index (χ0) is 15.4. The molecule has 1 aromatic rings. The first-order valence-electron chi connectivity index (χ1n) is 7.16. The second kappa shape index (κ2) is 7.43. The highest BCUT2D eigenvalue weighted by molar-refractivity contribution is 7.14. The molecule has 0 aliphatic heterocycles. The summed E-state index contributed by atoms with van der Waals surface area (Å²) in [5.74, 6) is 0.781. The Morgan fingerprint density at radius 1 is 1.52 bits per heavy atom. The molecule has 116 valence electrons. The molecule has 0 unspecified atom stereocenters. The van der Waals surface area contributed by atoms with E-state index in [0.29, 0.717) is 16.7 Å². The normalized spacial score (nSPS) is 29.1. The number of allylic oxidation sites excluding steroid dienone is 1. The standard InChI is InChI=1S/C16H21ClO3S/c1-10-8-14(17)12(13(10)9-18)5-3-4-11-6-7-15(21-11)16(19)20-2/h3-4,6-7,10,12-14,18H,5,8-9H2,1-2H3/t10-,12-,13+,14-/m1/s1. The second-order valence-corrected chi connectivity index (χ2v) is 7.25. The summed E-state index contributed by atoms with van der Waals surface area (Å²) in [6, 6.07) is 3.68. The van der Waals surface area contributed by atoms with Gasteiger partial charge in [-0.05, 0) is 48.8 Å². The maximum atomic E-state index is 11.4. The highest BCUT2D eigenvalue weighted by atomic mass is 35.5. The Labute approximate surface area is 134 Å². The zero-order valence-corrected chi connectivity index (χ0v) is 13.9. The maximum absolute atomic E-state index is 11.4. The van der Waals surface area contributed by atoms with Crippen LogP contribution in [0.25, 0.3) is 6.08 Å². The Morgan fingerprint density at radius 3 is 2.95 bits per heavy atom. The number of carbonyl (C=O) groups is 1. The zero-order valence-electron chi connectivity index (χ0n) is 12.3. The monoisotopic (exact) mass is 328 g/mol. The van der Waals surface area contributed by atoms with E-state index in [1.54, 1.807) is 6.07 Å². The molecule has 2 rings (SSSR count).